The second-order valence-corrected chi connectivity index (χ2v) is 8.17. The third kappa shape index (κ3) is 4.67. The Morgan fingerprint density at radius 3 is 2.85 bits per heavy atom. The Morgan fingerprint density at radius 2 is 2.08 bits per heavy atom. The summed E-state index contributed by atoms with van der Waals surface area (Å²) in [5.41, 5.74) is 3.36. The van der Waals surface area contributed by atoms with Gasteiger partial charge in [0.25, 0.3) is 0 Å². The zero-order valence-corrected chi connectivity index (χ0v) is 17.3. The fraction of sp³-hybridized carbons (Fsp3) is 0.400. The summed E-state index contributed by atoms with van der Waals surface area (Å²) in [6.45, 7) is 4.29. The van der Waals surface area contributed by atoms with Crippen LogP contribution in [0, 0.1) is 0 Å². The fourth-order valence-electron chi connectivity index (χ4n) is 3.03. The first-order valence-electron chi connectivity index (χ1n) is 8.89. The highest BCUT2D eigenvalue weighted by atomic mass is 79.9. The van der Waals surface area contributed by atoms with Gasteiger partial charge in [0.1, 0.15) is 5.37 Å². The molecule has 3 rings (SSSR count). The normalized spacial score (nSPS) is 17.1. The number of amides is 1. The minimum Gasteiger partial charge on any atom is -0.381 e. The summed E-state index contributed by atoms with van der Waals surface area (Å²) in [5, 5.41) is 0.0148. The highest BCUT2D eigenvalue weighted by Gasteiger charge is 2.33. The average molecular weight is 435 g/mol. The van der Waals surface area contributed by atoms with Crippen molar-refractivity contribution in [3.05, 3.63) is 52.8 Å². The molecule has 0 bridgehead atoms. The zero-order chi connectivity index (χ0) is 18.4. The molecule has 2 aromatic rings. The summed E-state index contributed by atoms with van der Waals surface area (Å²) < 4.78 is 6.61. The van der Waals surface area contributed by atoms with Gasteiger partial charge in [0, 0.05) is 42.2 Å². The Labute approximate surface area is 167 Å². The van der Waals surface area contributed by atoms with Gasteiger partial charge in [0.15, 0.2) is 0 Å². The molecule has 1 unspecified atom stereocenters. The number of thioether (sulfide) groups is 1. The first-order chi connectivity index (χ1) is 12.7. The Bertz CT molecular complexity index is 739. The second-order valence-electron chi connectivity index (χ2n) is 6.19. The van der Waals surface area contributed by atoms with Crippen LogP contribution in [-0.4, -0.2) is 41.3 Å². The molecule has 1 fully saturated rings. The number of hydrogen-bond donors (Lipinski definition) is 0. The molecule has 1 aromatic carbocycles. The summed E-state index contributed by atoms with van der Waals surface area (Å²) in [6, 6.07) is 10.3. The molecule has 138 valence electrons. The van der Waals surface area contributed by atoms with Crippen LogP contribution in [0.25, 0.3) is 11.1 Å². The van der Waals surface area contributed by atoms with Crippen LogP contribution in [0.15, 0.2) is 47.2 Å². The van der Waals surface area contributed by atoms with Gasteiger partial charge in [-0.2, -0.15) is 0 Å². The quantitative estimate of drug-likeness (QED) is 0.553. The maximum Gasteiger partial charge on any atom is 0.233 e. The molecule has 0 saturated carbocycles. The molecule has 0 N–H and O–H groups in total. The van der Waals surface area contributed by atoms with E-state index in [1.165, 1.54) is 0 Å². The molecular formula is C20H23BrN2O2S. The third-order valence-corrected chi connectivity index (χ3v) is 6.04. The standard InChI is InChI=1S/C20H23BrN2O2S/c1-2-11-25-12-3-10-23-19(24)14-26-20(23)18-13-22-9-8-17(18)15-4-6-16(21)7-5-15/h4-9,13,20H,2-3,10-12,14H2,1H3. The number of pyridine rings is 1. The fourth-order valence-corrected chi connectivity index (χ4v) is 4.53. The molecule has 1 aliphatic heterocycles. The maximum absolute atomic E-state index is 12.4. The molecule has 1 saturated heterocycles. The maximum atomic E-state index is 12.4. The molecule has 1 aliphatic rings. The van der Waals surface area contributed by atoms with Crippen molar-refractivity contribution in [2.24, 2.45) is 0 Å². The molecule has 1 aromatic heterocycles. The van der Waals surface area contributed by atoms with Crippen LogP contribution in [0.2, 0.25) is 0 Å². The number of ether oxygens (including phenoxy) is 1. The number of halogens is 1. The summed E-state index contributed by atoms with van der Waals surface area (Å²) in [7, 11) is 0. The largest absolute Gasteiger partial charge is 0.381 e. The van der Waals surface area contributed by atoms with Gasteiger partial charge >= 0.3 is 0 Å². The van der Waals surface area contributed by atoms with Crippen LogP contribution in [0.3, 0.4) is 0 Å². The van der Waals surface area contributed by atoms with E-state index in [9.17, 15) is 4.79 Å². The van der Waals surface area contributed by atoms with E-state index in [1.54, 1.807) is 11.8 Å². The molecule has 0 radical (unpaired) electrons. The Hall–Kier alpha value is -1.37. The van der Waals surface area contributed by atoms with Gasteiger partial charge in [-0.25, -0.2) is 0 Å². The predicted octanol–water partition coefficient (Wildman–Crippen LogP) is 4.90. The van der Waals surface area contributed by atoms with Gasteiger partial charge in [-0.3, -0.25) is 9.78 Å². The van der Waals surface area contributed by atoms with E-state index >= 15 is 0 Å². The van der Waals surface area contributed by atoms with Crippen LogP contribution >= 0.6 is 27.7 Å². The minimum atomic E-state index is 0.0148. The lowest BCUT2D eigenvalue weighted by molar-refractivity contribution is -0.128. The topological polar surface area (TPSA) is 42.4 Å². The first-order valence-corrected chi connectivity index (χ1v) is 10.7. The highest BCUT2D eigenvalue weighted by molar-refractivity contribution is 9.10. The van der Waals surface area contributed by atoms with E-state index in [2.05, 4.69) is 40.0 Å². The number of rotatable bonds is 8. The molecule has 0 spiro atoms. The number of aromatic nitrogens is 1. The van der Waals surface area contributed by atoms with Gasteiger partial charge < -0.3 is 9.64 Å². The van der Waals surface area contributed by atoms with Crippen molar-refractivity contribution < 1.29 is 9.53 Å². The van der Waals surface area contributed by atoms with Crippen molar-refractivity contribution in [3.8, 4) is 11.1 Å². The molecular weight excluding hydrogens is 412 g/mol. The summed E-state index contributed by atoms with van der Waals surface area (Å²) in [4.78, 5) is 18.7. The molecule has 4 nitrogen and oxygen atoms in total. The summed E-state index contributed by atoms with van der Waals surface area (Å²) in [6.07, 6.45) is 5.59. The molecule has 0 aliphatic carbocycles. The van der Waals surface area contributed by atoms with Crippen LogP contribution in [0.5, 0.6) is 0 Å². The van der Waals surface area contributed by atoms with E-state index in [4.69, 9.17) is 4.74 Å². The van der Waals surface area contributed by atoms with Crippen LogP contribution in [0.1, 0.15) is 30.7 Å². The summed E-state index contributed by atoms with van der Waals surface area (Å²) in [5.74, 6) is 0.718. The smallest absolute Gasteiger partial charge is 0.233 e. The predicted molar refractivity (Wildman–Crippen MR) is 110 cm³/mol. The van der Waals surface area contributed by atoms with Crippen molar-refractivity contribution in [1.82, 2.24) is 9.88 Å². The molecule has 26 heavy (non-hydrogen) atoms. The molecule has 6 heteroatoms. The molecule has 1 atom stereocenters. The van der Waals surface area contributed by atoms with Gasteiger partial charge in [0.2, 0.25) is 5.91 Å². The number of nitrogens with zero attached hydrogens (tertiary/aromatic N) is 2. The zero-order valence-electron chi connectivity index (χ0n) is 14.9. The van der Waals surface area contributed by atoms with Gasteiger partial charge in [-0.15, -0.1) is 11.8 Å². The number of hydrogen-bond acceptors (Lipinski definition) is 4. The lowest BCUT2D eigenvalue weighted by Gasteiger charge is -2.25. The molecule has 2 heterocycles. The van der Waals surface area contributed by atoms with Crippen LogP contribution < -0.4 is 0 Å². The third-order valence-electron chi connectivity index (χ3n) is 4.28. The number of benzene rings is 1. The van der Waals surface area contributed by atoms with Crippen molar-refractivity contribution >= 4 is 33.6 Å². The van der Waals surface area contributed by atoms with E-state index in [-0.39, 0.29) is 11.3 Å². The van der Waals surface area contributed by atoms with Crippen molar-refractivity contribution in [3.63, 3.8) is 0 Å². The number of carbonyl (C=O) groups is 1. The van der Waals surface area contributed by atoms with E-state index in [0.29, 0.717) is 12.4 Å². The highest BCUT2D eigenvalue weighted by Crippen LogP contribution is 2.42. The van der Waals surface area contributed by atoms with Gasteiger partial charge in [0.05, 0.1) is 5.75 Å². The van der Waals surface area contributed by atoms with E-state index < -0.39 is 0 Å². The monoisotopic (exact) mass is 434 g/mol. The van der Waals surface area contributed by atoms with Crippen LogP contribution in [0.4, 0.5) is 0 Å². The average Bonchev–Trinajstić information content (AvgIpc) is 3.03. The van der Waals surface area contributed by atoms with Gasteiger partial charge in [-0.1, -0.05) is 35.0 Å². The van der Waals surface area contributed by atoms with Crippen molar-refractivity contribution in [1.29, 1.82) is 0 Å². The summed E-state index contributed by atoms with van der Waals surface area (Å²) >= 11 is 5.16. The van der Waals surface area contributed by atoms with E-state index in [1.807, 2.05) is 35.5 Å². The Morgan fingerprint density at radius 1 is 1.27 bits per heavy atom. The van der Waals surface area contributed by atoms with E-state index in [0.717, 1.165) is 47.2 Å². The Kier molecular flexibility index (Phi) is 7.11. The van der Waals surface area contributed by atoms with Gasteiger partial charge in [-0.05, 0) is 42.2 Å². The van der Waals surface area contributed by atoms with Crippen LogP contribution in [-0.2, 0) is 9.53 Å². The lowest BCUT2D eigenvalue weighted by Crippen LogP contribution is -2.30. The van der Waals surface area contributed by atoms with Crippen molar-refractivity contribution in [2.75, 3.05) is 25.5 Å². The second kappa shape index (κ2) is 9.53. The first kappa shape index (κ1) is 19.4. The SMILES string of the molecule is CCCOCCCN1C(=O)CSC1c1cnccc1-c1ccc(Br)cc1. The Balaban J connectivity index is 1.78. The van der Waals surface area contributed by atoms with Crippen molar-refractivity contribution in [2.45, 2.75) is 25.1 Å². The minimum absolute atomic E-state index is 0.0148. The number of carbonyl (C=O) groups excluding carboxylic acids is 1. The molecule has 1 amide bonds. The lowest BCUT2D eigenvalue weighted by atomic mass is 10.0.